The first-order valence-electron chi connectivity index (χ1n) is 4.94. The van der Waals surface area contributed by atoms with Crippen molar-refractivity contribution in [3.05, 3.63) is 16.2 Å². The molecular weight excluding hydrogens is 294 g/mol. The van der Waals surface area contributed by atoms with Crippen LogP contribution in [0.15, 0.2) is 10.5 Å². The third kappa shape index (κ3) is 2.70. The topological polar surface area (TPSA) is 85.9 Å². The Morgan fingerprint density at radius 3 is 2.81 bits per heavy atom. The summed E-state index contributed by atoms with van der Waals surface area (Å²) in [4.78, 5) is 0. The van der Waals surface area contributed by atoms with Gasteiger partial charge in [-0.2, -0.15) is 5.10 Å². The first-order valence-corrected chi connectivity index (χ1v) is 7.56. The van der Waals surface area contributed by atoms with Crippen molar-refractivity contribution in [2.24, 2.45) is 5.92 Å². The number of halogens is 1. The molecule has 1 aromatic rings. The highest BCUT2D eigenvalue weighted by Crippen LogP contribution is 2.23. The van der Waals surface area contributed by atoms with Gasteiger partial charge in [0.2, 0.25) is 0 Å². The van der Waals surface area contributed by atoms with E-state index in [1.807, 2.05) is 0 Å². The summed E-state index contributed by atoms with van der Waals surface area (Å²) in [6.45, 7) is 0. The summed E-state index contributed by atoms with van der Waals surface area (Å²) < 4.78 is 23.3. The van der Waals surface area contributed by atoms with E-state index in [2.05, 4.69) is 26.1 Å². The van der Waals surface area contributed by atoms with Crippen LogP contribution in [0.25, 0.3) is 0 Å². The molecule has 0 saturated carbocycles. The van der Waals surface area contributed by atoms with Crippen molar-refractivity contribution < 1.29 is 8.42 Å². The molecule has 0 bridgehead atoms. The third-order valence-corrected chi connectivity index (χ3v) is 5.12. The van der Waals surface area contributed by atoms with Crippen molar-refractivity contribution in [1.29, 1.82) is 0 Å². The number of rotatable bonds is 2. The maximum absolute atomic E-state index is 11.3. The largest absolute Gasteiger partial charge is 0.381 e. The lowest BCUT2D eigenvalue weighted by atomic mass is 10.0. The van der Waals surface area contributed by atoms with Crippen LogP contribution in [0.3, 0.4) is 0 Å². The number of nitrogen functional groups attached to an aromatic ring is 1. The quantitative estimate of drug-likeness (QED) is 0.873. The molecule has 1 atom stereocenters. The molecule has 1 saturated heterocycles. The maximum atomic E-state index is 11.3. The fourth-order valence-electron chi connectivity index (χ4n) is 1.84. The Balaban J connectivity index is 2.08. The highest BCUT2D eigenvalue weighted by molar-refractivity contribution is 9.10. The minimum absolute atomic E-state index is 0.162. The highest BCUT2D eigenvalue weighted by Gasteiger charge is 2.28. The predicted molar refractivity (Wildman–Crippen MR) is 64.6 cm³/mol. The fraction of sp³-hybridized carbons (Fsp3) is 0.556. The van der Waals surface area contributed by atoms with Crippen LogP contribution in [0.1, 0.15) is 12.1 Å². The standard InChI is InChI=1S/C9H12BrN3O2S/c10-8-4-7(12-13-9(8)11)3-6-1-2-16(14,15)5-6/h4,6H,1-3,5H2,(H2,11,13). The van der Waals surface area contributed by atoms with Crippen molar-refractivity contribution in [3.63, 3.8) is 0 Å². The molecule has 2 N–H and O–H groups in total. The van der Waals surface area contributed by atoms with Gasteiger partial charge in [0.15, 0.2) is 15.7 Å². The van der Waals surface area contributed by atoms with Crippen LogP contribution in [0.4, 0.5) is 5.82 Å². The Kier molecular flexibility index (Phi) is 3.16. The van der Waals surface area contributed by atoms with Crippen molar-refractivity contribution in [2.45, 2.75) is 12.8 Å². The van der Waals surface area contributed by atoms with Crippen molar-refractivity contribution in [1.82, 2.24) is 10.2 Å². The summed E-state index contributed by atoms with van der Waals surface area (Å²) in [6, 6.07) is 1.80. The maximum Gasteiger partial charge on any atom is 0.160 e. The van der Waals surface area contributed by atoms with Gasteiger partial charge < -0.3 is 5.73 Å². The lowest BCUT2D eigenvalue weighted by Crippen LogP contribution is -2.09. The smallest absolute Gasteiger partial charge is 0.160 e. The van der Waals surface area contributed by atoms with E-state index in [0.29, 0.717) is 28.9 Å². The second kappa shape index (κ2) is 4.29. The van der Waals surface area contributed by atoms with E-state index >= 15 is 0 Å². The fourth-order valence-corrected chi connectivity index (χ4v) is 4.05. The molecule has 1 aromatic heterocycles. The normalized spacial score (nSPS) is 23.4. The van der Waals surface area contributed by atoms with Crippen LogP contribution in [-0.4, -0.2) is 30.1 Å². The van der Waals surface area contributed by atoms with Gasteiger partial charge in [0.05, 0.1) is 21.7 Å². The van der Waals surface area contributed by atoms with Crippen LogP contribution in [0, 0.1) is 5.92 Å². The predicted octanol–water partition coefficient (Wildman–Crippen LogP) is 0.798. The average Bonchev–Trinajstić information content (AvgIpc) is 2.52. The zero-order valence-corrected chi connectivity index (χ0v) is 11.0. The van der Waals surface area contributed by atoms with E-state index in [1.54, 1.807) is 6.07 Å². The molecule has 5 nitrogen and oxygen atoms in total. The number of nitrogens with two attached hydrogens (primary N) is 1. The Morgan fingerprint density at radius 1 is 1.50 bits per heavy atom. The minimum Gasteiger partial charge on any atom is -0.381 e. The summed E-state index contributed by atoms with van der Waals surface area (Å²) in [7, 11) is -2.82. The van der Waals surface area contributed by atoms with Gasteiger partial charge in [-0.1, -0.05) is 0 Å². The van der Waals surface area contributed by atoms with E-state index < -0.39 is 9.84 Å². The Bertz CT molecular complexity index is 503. The monoisotopic (exact) mass is 305 g/mol. The van der Waals surface area contributed by atoms with Gasteiger partial charge in [-0.3, -0.25) is 0 Å². The van der Waals surface area contributed by atoms with Gasteiger partial charge in [-0.15, -0.1) is 5.10 Å². The zero-order chi connectivity index (χ0) is 11.8. The molecule has 7 heteroatoms. The first-order chi connectivity index (χ1) is 7.46. The molecule has 88 valence electrons. The van der Waals surface area contributed by atoms with E-state index in [9.17, 15) is 8.42 Å². The summed E-state index contributed by atoms with van der Waals surface area (Å²) >= 11 is 3.27. The summed E-state index contributed by atoms with van der Waals surface area (Å²) in [5.74, 6) is 1.07. The number of hydrogen-bond donors (Lipinski definition) is 1. The molecule has 1 aliphatic rings. The second-order valence-electron chi connectivity index (χ2n) is 4.04. The van der Waals surface area contributed by atoms with Crippen LogP contribution in [0.2, 0.25) is 0 Å². The van der Waals surface area contributed by atoms with Crippen molar-refractivity contribution in [2.75, 3.05) is 17.2 Å². The molecule has 0 radical (unpaired) electrons. The van der Waals surface area contributed by atoms with E-state index in [1.165, 1.54) is 0 Å². The molecule has 2 rings (SSSR count). The Hall–Kier alpha value is -0.690. The number of sulfone groups is 1. The molecular formula is C9H12BrN3O2S. The number of anilines is 1. The van der Waals surface area contributed by atoms with Crippen molar-refractivity contribution >= 4 is 31.6 Å². The molecule has 16 heavy (non-hydrogen) atoms. The Morgan fingerprint density at radius 2 is 2.25 bits per heavy atom. The van der Waals surface area contributed by atoms with Gasteiger partial charge in [0.25, 0.3) is 0 Å². The van der Waals surface area contributed by atoms with E-state index in [4.69, 9.17) is 5.73 Å². The molecule has 0 aromatic carbocycles. The lowest BCUT2D eigenvalue weighted by molar-refractivity contribution is 0.573. The van der Waals surface area contributed by atoms with Gasteiger partial charge in [0.1, 0.15) is 0 Å². The van der Waals surface area contributed by atoms with Gasteiger partial charge in [-0.05, 0) is 40.8 Å². The summed E-state index contributed by atoms with van der Waals surface area (Å²) in [5, 5.41) is 7.74. The summed E-state index contributed by atoms with van der Waals surface area (Å²) in [6.07, 6.45) is 1.36. The van der Waals surface area contributed by atoms with Crippen LogP contribution in [-0.2, 0) is 16.3 Å². The van der Waals surface area contributed by atoms with Crippen LogP contribution >= 0.6 is 15.9 Å². The number of nitrogens with zero attached hydrogens (tertiary/aromatic N) is 2. The number of hydrogen-bond acceptors (Lipinski definition) is 5. The highest BCUT2D eigenvalue weighted by atomic mass is 79.9. The lowest BCUT2D eigenvalue weighted by Gasteiger charge is -2.06. The van der Waals surface area contributed by atoms with Crippen LogP contribution < -0.4 is 5.73 Å². The van der Waals surface area contributed by atoms with Gasteiger partial charge in [0, 0.05) is 0 Å². The Labute approximate surface area is 102 Å². The van der Waals surface area contributed by atoms with E-state index in [-0.39, 0.29) is 11.7 Å². The van der Waals surface area contributed by atoms with Gasteiger partial charge in [-0.25, -0.2) is 8.42 Å². The molecule has 0 spiro atoms. The zero-order valence-electron chi connectivity index (χ0n) is 8.56. The molecule has 2 heterocycles. The van der Waals surface area contributed by atoms with Crippen molar-refractivity contribution in [3.8, 4) is 0 Å². The SMILES string of the molecule is Nc1nnc(CC2CCS(=O)(=O)C2)cc1Br. The van der Waals surface area contributed by atoms with Gasteiger partial charge >= 0.3 is 0 Å². The number of aromatic nitrogens is 2. The van der Waals surface area contributed by atoms with Crippen LogP contribution in [0.5, 0.6) is 0 Å². The first kappa shape index (κ1) is 11.8. The molecule has 0 amide bonds. The third-order valence-electron chi connectivity index (χ3n) is 2.65. The average molecular weight is 306 g/mol. The molecule has 1 aliphatic heterocycles. The minimum atomic E-state index is -2.82. The summed E-state index contributed by atoms with van der Waals surface area (Å²) in [5.41, 5.74) is 6.30. The molecule has 1 fully saturated rings. The second-order valence-corrected chi connectivity index (χ2v) is 7.13. The van der Waals surface area contributed by atoms with E-state index in [0.717, 1.165) is 5.69 Å². The molecule has 0 aliphatic carbocycles. The molecule has 1 unspecified atom stereocenters.